The predicted octanol–water partition coefficient (Wildman–Crippen LogP) is 2.40. The molecule has 0 N–H and O–H groups in total. The summed E-state index contributed by atoms with van der Waals surface area (Å²) in [4.78, 5) is 4.81. The average molecular weight is 436 g/mol. The molecule has 30 heavy (non-hydrogen) atoms. The molecule has 2 unspecified atom stereocenters. The Morgan fingerprint density at radius 3 is 2.47 bits per heavy atom. The van der Waals surface area contributed by atoms with E-state index in [0.717, 1.165) is 63.1 Å². The fourth-order valence-electron chi connectivity index (χ4n) is 4.70. The molecule has 0 aliphatic carbocycles. The Morgan fingerprint density at radius 1 is 1.20 bits per heavy atom. The first-order chi connectivity index (χ1) is 14.2. The summed E-state index contributed by atoms with van der Waals surface area (Å²) < 4.78 is 33.3. The second-order valence-electron chi connectivity index (χ2n) is 8.61. The maximum Gasteiger partial charge on any atom is 0.264 e. The van der Waals surface area contributed by atoms with Gasteiger partial charge in [0.25, 0.3) is 10.1 Å². The summed E-state index contributed by atoms with van der Waals surface area (Å²) in [6, 6.07) is 7.95. The Bertz CT molecular complexity index is 850. The van der Waals surface area contributed by atoms with Gasteiger partial charge in [-0.2, -0.15) is 13.7 Å². The molecule has 2 aliphatic heterocycles. The van der Waals surface area contributed by atoms with Gasteiger partial charge in [0.2, 0.25) is 0 Å². The van der Waals surface area contributed by atoms with Crippen LogP contribution in [0.4, 0.5) is 5.69 Å². The van der Waals surface area contributed by atoms with Gasteiger partial charge in [-0.15, -0.1) is 0 Å². The number of nitriles is 1. The third-order valence-corrected chi connectivity index (χ3v) is 6.45. The molecule has 0 radical (unpaired) electrons. The molecule has 0 saturated carbocycles. The van der Waals surface area contributed by atoms with Gasteiger partial charge in [0.1, 0.15) is 6.07 Å². The zero-order valence-corrected chi connectivity index (χ0v) is 19.0. The molecule has 2 heterocycles. The van der Waals surface area contributed by atoms with Crippen molar-refractivity contribution in [2.24, 2.45) is 5.92 Å². The summed E-state index contributed by atoms with van der Waals surface area (Å²) in [5.74, 6) is 0.644. The Hall–Kier alpha value is -1.66. The first kappa shape index (κ1) is 23.0. The zero-order valence-electron chi connectivity index (χ0n) is 18.2. The molecule has 0 amide bonds. The standard InChI is InChI=1S/C22H33N3O4S/c1-17-14-24(15-18(2)29-17)16-19-7-10-25(11-8-19)22-20(5-4-6-21(22)13-23)9-12-28-30(3,26)27/h4-6,17-19H,7-12,14-16H2,1-3H3. The van der Waals surface area contributed by atoms with Crippen LogP contribution in [-0.2, 0) is 25.5 Å². The van der Waals surface area contributed by atoms with Crippen LogP contribution in [0.1, 0.15) is 37.8 Å². The second kappa shape index (κ2) is 10.1. The first-order valence-corrected chi connectivity index (χ1v) is 12.6. The third kappa shape index (κ3) is 6.42. The van der Waals surface area contributed by atoms with E-state index in [4.69, 9.17) is 8.92 Å². The number of morpholine rings is 1. The smallest absolute Gasteiger partial charge is 0.264 e. The minimum atomic E-state index is -3.47. The molecule has 0 spiro atoms. The average Bonchev–Trinajstić information content (AvgIpc) is 2.67. The van der Waals surface area contributed by atoms with Crippen molar-refractivity contribution in [3.05, 3.63) is 29.3 Å². The molecular weight excluding hydrogens is 402 g/mol. The van der Waals surface area contributed by atoms with Crippen molar-refractivity contribution in [1.29, 1.82) is 5.26 Å². The molecule has 2 atom stereocenters. The highest BCUT2D eigenvalue weighted by molar-refractivity contribution is 7.85. The third-order valence-electron chi connectivity index (χ3n) is 5.85. The number of ether oxygens (including phenoxy) is 1. The van der Waals surface area contributed by atoms with E-state index in [9.17, 15) is 13.7 Å². The molecule has 166 valence electrons. The van der Waals surface area contributed by atoms with E-state index in [2.05, 4.69) is 29.7 Å². The topological polar surface area (TPSA) is 82.9 Å². The molecule has 0 bridgehead atoms. The molecule has 8 heteroatoms. The van der Waals surface area contributed by atoms with Gasteiger partial charge in [-0.05, 0) is 50.7 Å². The SMILES string of the molecule is CC1CN(CC2CCN(c3c(C#N)cccc3CCOS(C)(=O)=O)CC2)CC(C)O1. The van der Waals surface area contributed by atoms with E-state index >= 15 is 0 Å². The first-order valence-electron chi connectivity index (χ1n) is 10.7. The van der Waals surface area contributed by atoms with Crippen LogP contribution in [0.5, 0.6) is 0 Å². The largest absolute Gasteiger partial charge is 0.373 e. The Kier molecular flexibility index (Phi) is 7.75. The van der Waals surface area contributed by atoms with Gasteiger partial charge >= 0.3 is 0 Å². The van der Waals surface area contributed by atoms with E-state index < -0.39 is 10.1 Å². The van der Waals surface area contributed by atoms with Gasteiger partial charge in [0.15, 0.2) is 0 Å². The van der Waals surface area contributed by atoms with Crippen LogP contribution in [-0.4, -0.2) is 71.1 Å². The van der Waals surface area contributed by atoms with Crippen molar-refractivity contribution < 1.29 is 17.3 Å². The van der Waals surface area contributed by atoms with Crippen molar-refractivity contribution in [2.75, 3.05) is 50.5 Å². The van der Waals surface area contributed by atoms with Crippen molar-refractivity contribution in [3.63, 3.8) is 0 Å². The second-order valence-corrected chi connectivity index (χ2v) is 10.3. The van der Waals surface area contributed by atoms with Crippen molar-refractivity contribution >= 4 is 15.8 Å². The van der Waals surface area contributed by atoms with Crippen molar-refractivity contribution in [1.82, 2.24) is 4.90 Å². The molecule has 2 fully saturated rings. The van der Waals surface area contributed by atoms with Crippen LogP contribution in [0.15, 0.2) is 18.2 Å². The summed E-state index contributed by atoms with van der Waals surface area (Å²) in [6.45, 7) is 9.25. The number of anilines is 1. The molecule has 3 rings (SSSR count). The normalized spacial score (nSPS) is 24.0. The molecule has 7 nitrogen and oxygen atoms in total. The molecule has 2 aliphatic rings. The van der Waals surface area contributed by atoms with Crippen LogP contribution in [0, 0.1) is 17.2 Å². The van der Waals surface area contributed by atoms with E-state index in [1.165, 1.54) is 0 Å². The van der Waals surface area contributed by atoms with Crippen LogP contribution in [0.3, 0.4) is 0 Å². The lowest BCUT2D eigenvalue weighted by Crippen LogP contribution is -2.48. The fourth-order valence-corrected chi connectivity index (χ4v) is 5.08. The fraction of sp³-hybridized carbons (Fsp3) is 0.682. The highest BCUT2D eigenvalue weighted by atomic mass is 32.2. The summed E-state index contributed by atoms with van der Waals surface area (Å²) >= 11 is 0. The minimum Gasteiger partial charge on any atom is -0.373 e. The van der Waals surface area contributed by atoms with E-state index in [1.54, 1.807) is 0 Å². The molecule has 2 saturated heterocycles. The molecule has 1 aromatic rings. The highest BCUT2D eigenvalue weighted by Gasteiger charge is 2.28. The minimum absolute atomic E-state index is 0.0879. The van der Waals surface area contributed by atoms with Gasteiger partial charge in [-0.1, -0.05) is 12.1 Å². The lowest BCUT2D eigenvalue weighted by Gasteiger charge is -2.40. The predicted molar refractivity (Wildman–Crippen MR) is 117 cm³/mol. The van der Waals surface area contributed by atoms with E-state index in [1.807, 2.05) is 18.2 Å². The maximum atomic E-state index is 11.3. The Balaban J connectivity index is 1.62. The van der Waals surface area contributed by atoms with Crippen molar-refractivity contribution in [3.8, 4) is 6.07 Å². The molecule has 0 aromatic heterocycles. The molecular formula is C22H33N3O4S. The van der Waals surface area contributed by atoms with E-state index in [0.29, 0.717) is 17.9 Å². The monoisotopic (exact) mass is 435 g/mol. The maximum absolute atomic E-state index is 11.3. The summed E-state index contributed by atoms with van der Waals surface area (Å²) in [7, 11) is -3.47. The van der Waals surface area contributed by atoms with Crippen LogP contribution in [0.2, 0.25) is 0 Å². The quantitative estimate of drug-likeness (QED) is 0.608. The summed E-state index contributed by atoms with van der Waals surface area (Å²) in [6.07, 6.45) is 4.25. The van der Waals surface area contributed by atoms with Gasteiger partial charge in [-0.3, -0.25) is 9.08 Å². The number of para-hydroxylation sites is 1. The van der Waals surface area contributed by atoms with Crippen LogP contribution < -0.4 is 4.90 Å². The number of hydrogen-bond acceptors (Lipinski definition) is 7. The number of nitrogens with zero attached hydrogens (tertiary/aromatic N) is 3. The lowest BCUT2D eigenvalue weighted by molar-refractivity contribution is -0.0720. The molecule has 1 aromatic carbocycles. The van der Waals surface area contributed by atoms with Crippen molar-refractivity contribution in [2.45, 2.75) is 45.3 Å². The number of benzene rings is 1. The summed E-state index contributed by atoms with van der Waals surface area (Å²) in [5.41, 5.74) is 2.54. The van der Waals surface area contributed by atoms with Gasteiger partial charge in [0.05, 0.1) is 36.3 Å². The Labute approximate surface area is 180 Å². The van der Waals surface area contributed by atoms with Gasteiger partial charge in [-0.25, -0.2) is 0 Å². The van der Waals surface area contributed by atoms with Crippen LogP contribution >= 0.6 is 0 Å². The zero-order chi connectivity index (χ0) is 21.7. The highest BCUT2D eigenvalue weighted by Crippen LogP contribution is 2.31. The van der Waals surface area contributed by atoms with Gasteiger partial charge in [0, 0.05) is 32.7 Å². The lowest BCUT2D eigenvalue weighted by atomic mass is 9.93. The van der Waals surface area contributed by atoms with E-state index in [-0.39, 0.29) is 18.8 Å². The number of piperidine rings is 1. The summed E-state index contributed by atoms with van der Waals surface area (Å²) in [5, 5.41) is 9.62. The number of hydrogen-bond donors (Lipinski definition) is 0. The Morgan fingerprint density at radius 2 is 1.87 bits per heavy atom. The van der Waals surface area contributed by atoms with Gasteiger partial charge < -0.3 is 9.64 Å². The van der Waals surface area contributed by atoms with Crippen LogP contribution in [0.25, 0.3) is 0 Å². The number of rotatable bonds is 7.